The number of ether oxygens (including phenoxy) is 1. The van der Waals surface area contributed by atoms with Gasteiger partial charge >= 0.3 is 0 Å². The van der Waals surface area contributed by atoms with Gasteiger partial charge in [0.15, 0.2) is 5.69 Å². The molecule has 9 heteroatoms. The van der Waals surface area contributed by atoms with Crippen LogP contribution in [-0.4, -0.2) is 51.5 Å². The summed E-state index contributed by atoms with van der Waals surface area (Å²) >= 11 is 12.6. The van der Waals surface area contributed by atoms with Crippen molar-refractivity contribution >= 4 is 40.8 Å². The fourth-order valence-corrected chi connectivity index (χ4v) is 5.04. The summed E-state index contributed by atoms with van der Waals surface area (Å²) < 4.78 is 20.9. The SMILES string of the molecule is O=C(c1nn(-c2ccc(Cl)cc2Cl)c2c1COCC2=Cc1ccc(F)cc1)N1CCC[C@H]1CO. The molecule has 1 fully saturated rings. The van der Waals surface area contributed by atoms with Gasteiger partial charge in [-0.2, -0.15) is 5.10 Å². The Kier molecular flexibility index (Phi) is 6.44. The highest BCUT2D eigenvalue weighted by molar-refractivity contribution is 6.35. The van der Waals surface area contributed by atoms with Crippen molar-refractivity contribution in [3.05, 3.63) is 80.8 Å². The van der Waals surface area contributed by atoms with Crippen LogP contribution in [0.5, 0.6) is 0 Å². The molecule has 0 bridgehead atoms. The molecule has 6 nitrogen and oxygen atoms in total. The lowest BCUT2D eigenvalue weighted by molar-refractivity contribution is 0.0665. The second-order valence-corrected chi connectivity index (χ2v) is 9.22. The molecule has 0 saturated carbocycles. The van der Waals surface area contributed by atoms with Gasteiger partial charge in [-0.05, 0) is 54.8 Å². The zero-order valence-corrected chi connectivity index (χ0v) is 19.7. The maximum absolute atomic E-state index is 13.5. The van der Waals surface area contributed by atoms with Crippen molar-refractivity contribution in [1.29, 1.82) is 0 Å². The van der Waals surface area contributed by atoms with Gasteiger partial charge in [0, 0.05) is 22.7 Å². The lowest BCUT2D eigenvalue weighted by Gasteiger charge is -2.23. The molecule has 0 radical (unpaired) electrons. The highest BCUT2D eigenvalue weighted by Gasteiger charge is 2.35. The maximum atomic E-state index is 13.5. The van der Waals surface area contributed by atoms with E-state index in [0.29, 0.717) is 33.5 Å². The molecule has 1 N–H and O–H groups in total. The average Bonchev–Trinajstić information content (AvgIpc) is 3.46. The summed E-state index contributed by atoms with van der Waals surface area (Å²) in [5, 5.41) is 15.3. The Labute approximate surface area is 206 Å². The molecule has 34 heavy (non-hydrogen) atoms. The molecule has 1 saturated heterocycles. The number of amides is 1. The van der Waals surface area contributed by atoms with E-state index in [4.69, 9.17) is 33.0 Å². The normalized spacial score (nSPS) is 19.0. The summed E-state index contributed by atoms with van der Waals surface area (Å²) in [6, 6.07) is 11.0. The molecule has 1 amide bonds. The molecule has 5 rings (SSSR count). The Morgan fingerprint density at radius 2 is 2.00 bits per heavy atom. The average molecular weight is 502 g/mol. The van der Waals surface area contributed by atoms with Gasteiger partial charge in [0.2, 0.25) is 0 Å². The molecule has 2 aliphatic heterocycles. The van der Waals surface area contributed by atoms with E-state index >= 15 is 0 Å². The van der Waals surface area contributed by atoms with Gasteiger partial charge in [-0.25, -0.2) is 9.07 Å². The number of carbonyl (C=O) groups excluding carboxylic acids is 1. The van der Waals surface area contributed by atoms with Gasteiger partial charge in [-0.3, -0.25) is 4.79 Å². The van der Waals surface area contributed by atoms with E-state index in [-0.39, 0.29) is 43.3 Å². The van der Waals surface area contributed by atoms with E-state index in [1.54, 1.807) is 39.9 Å². The molecule has 1 atom stereocenters. The lowest BCUT2D eigenvalue weighted by atomic mass is 10.0. The van der Waals surface area contributed by atoms with E-state index in [1.165, 1.54) is 12.1 Å². The van der Waals surface area contributed by atoms with Gasteiger partial charge in [-0.1, -0.05) is 35.3 Å². The van der Waals surface area contributed by atoms with Crippen LogP contribution < -0.4 is 0 Å². The smallest absolute Gasteiger partial charge is 0.275 e. The van der Waals surface area contributed by atoms with Crippen molar-refractivity contribution in [2.24, 2.45) is 0 Å². The van der Waals surface area contributed by atoms with Crippen molar-refractivity contribution in [3.63, 3.8) is 0 Å². The monoisotopic (exact) mass is 501 g/mol. The second kappa shape index (κ2) is 9.50. The summed E-state index contributed by atoms with van der Waals surface area (Å²) in [7, 11) is 0. The number of likely N-dealkylation sites (tertiary alicyclic amines) is 1. The quantitative estimate of drug-likeness (QED) is 0.546. The van der Waals surface area contributed by atoms with E-state index in [0.717, 1.165) is 24.0 Å². The first kappa shape index (κ1) is 23.1. The number of hydrogen-bond acceptors (Lipinski definition) is 4. The number of nitrogens with zero attached hydrogens (tertiary/aromatic N) is 3. The van der Waals surface area contributed by atoms with E-state index in [1.807, 2.05) is 6.08 Å². The Morgan fingerprint density at radius 1 is 1.21 bits per heavy atom. The fraction of sp³-hybridized carbons (Fsp3) is 0.280. The molecule has 3 aromatic rings. The Balaban J connectivity index is 1.68. The van der Waals surface area contributed by atoms with Crippen molar-refractivity contribution in [1.82, 2.24) is 14.7 Å². The fourth-order valence-electron chi connectivity index (χ4n) is 4.55. The summed E-state index contributed by atoms with van der Waals surface area (Å²) in [6.07, 6.45) is 3.47. The first-order chi connectivity index (χ1) is 16.5. The van der Waals surface area contributed by atoms with Crippen molar-refractivity contribution in [2.45, 2.75) is 25.5 Å². The molecular weight excluding hydrogens is 480 g/mol. The van der Waals surface area contributed by atoms with Crippen LogP contribution in [0, 0.1) is 5.82 Å². The zero-order chi connectivity index (χ0) is 23.8. The van der Waals surface area contributed by atoms with Crippen LogP contribution in [0.3, 0.4) is 0 Å². The third-order valence-electron chi connectivity index (χ3n) is 6.19. The molecule has 0 unspecified atom stereocenters. The van der Waals surface area contributed by atoms with E-state index in [9.17, 15) is 14.3 Å². The Morgan fingerprint density at radius 3 is 2.74 bits per heavy atom. The number of fused-ring (bicyclic) bond motifs is 1. The van der Waals surface area contributed by atoms with Gasteiger partial charge in [-0.15, -0.1) is 0 Å². The number of aromatic nitrogens is 2. The third kappa shape index (κ3) is 4.25. The number of halogens is 3. The van der Waals surface area contributed by atoms with E-state index < -0.39 is 0 Å². The number of benzene rings is 2. The third-order valence-corrected chi connectivity index (χ3v) is 6.73. The molecular formula is C25H22Cl2FN3O3. The van der Waals surface area contributed by atoms with Crippen molar-refractivity contribution < 1.29 is 19.0 Å². The first-order valence-electron chi connectivity index (χ1n) is 11.0. The number of rotatable bonds is 4. The van der Waals surface area contributed by atoms with Crippen LogP contribution in [0.25, 0.3) is 17.3 Å². The predicted molar refractivity (Wildman–Crippen MR) is 129 cm³/mol. The molecule has 0 spiro atoms. The molecule has 2 aliphatic rings. The van der Waals surface area contributed by atoms with Gasteiger partial charge in [0.25, 0.3) is 5.91 Å². The number of aliphatic hydroxyl groups is 1. The summed E-state index contributed by atoms with van der Waals surface area (Å²) in [5.41, 5.74) is 3.78. The molecule has 176 valence electrons. The van der Waals surface area contributed by atoms with Gasteiger partial charge < -0.3 is 14.7 Å². The lowest BCUT2D eigenvalue weighted by Crippen LogP contribution is -2.38. The molecule has 0 aliphatic carbocycles. The molecule has 3 heterocycles. The summed E-state index contributed by atoms with van der Waals surface area (Å²) in [5.74, 6) is -0.569. The zero-order valence-electron chi connectivity index (χ0n) is 18.2. The van der Waals surface area contributed by atoms with Crippen LogP contribution in [0.15, 0.2) is 42.5 Å². The topological polar surface area (TPSA) is 67.6 Å². The maximum Gasteiger partial charge on any atom is 0.275 e. The Hall–Kier alpha value is -2.71. The predicted octanol–water partition coefficient (Wildman–Crippen LogP) is 4.99. The molecule has 2 aromatic carbocycles. The van der Waals surface area contributed by atoms with Crippen LogP contribution in [0.2, 0.25) is 10.0 Å². The number of aliphatic hydroxyl groups excluding tert-OH is 1. The largest absolute Gasteiger partial charge is 0.394 e. The minimum absolute atomic E-state index is 0.0934. The molecule has 1 aromatic heterocycles. The number of carbonyl (C=O) groups is 1. The number of hydrogen-bond donors (Lipinski definition) is 1. The van der Waals surface area contributed by atoms with Gasteiger partial charge in [0.05, 0.1) is 42.3 Å². The minimum atomic E-state index is -0.322. The summed E-state index contributed by atoms with van der Waals surface area (Å²) in [4.78, 5) is 15.2. The first-order valence-corrected chi connectivity index (χ1v) is 11.7. The van der Waals surface area contributed by atoms with Crippen molar-refractivity contribution in [2.75, 3.05) is 19.8 Å². The Bertz CT molecular complexity index is 1270. The minimum Gasteiger partial charge on any atom is -0.394 e. The van der Waals surface area contributed by atoms with Crippen LogP contribution in [-0.2, 0) is 11.3 Å². The van der Waals surface area contributed by atoms with Crippen LogP contribution >= 0.6 is 23.2 Å². The van der Waals surface area contributed by atoms with Gasteiger partial charge in [0.1, 0.15) is 5.82 Å². The standard InChI is InChI=1S/C25H22Cl2FN3O3/c26-17-5-8-22(21(27)11-17)31-24-16(10-15-3-6-18(28)7-4-15)13-34-14-20(24)23(29-31)25(33)30-9-1-2-19(30)12-32/h3-8,10-11,19,32H,1-2,9,12-14H2/t19-/m0/s1. The van der Waals surface area contributed by atoms with Crippen LogP contribution in [0.4, 0.5) is 4.39 Å². The highest BCUT2D eigenvalue weighted by atomic mass is 35.5. The highest BCUT2D eigenvalue weighted by Crippen LogP contribution is 2.35. The summed E-state index contributed by atoms with van der Waals surface area (Å²) in [6.45, 7) is 0.967. The van der Waals surface area contributed by atoms with E-state index in [2.05, 4.69) is 0 Å². The second-order valence-electron chi connectivity index (χ2n) is 8.37. The van der Waals surface area contributed by atoms with Crippen LogP contribution in [0.1, 0.15) is 40.2 Å². The van der Waals surface area contributed by atoms with Crippen molar-refractivity contribution in [3.8, 4) is 5.69 Å².